The molecule has 94 valence electrons. The topological polar surface area (TPSA) is 77.8 Å². The fourth-order valence-electron chi connectivity index (χ4n) is 1.99. The monoisotopic (exact) mass is 275 g/mol. The van der Waals surface area contributed by atoms with Crippen LogP contribution in [0.15, 0.2) is 9.93 Å². The molecule has 5 nitrogen and oxygen atoms in total. The average molecular weight is 275 g/mol. The molecule has 0 aromatic heterocycles. The molecule has 0 bridgehead atoms. The summed E-state index contributed by atoms with van der Waals surface area (Å²) < 4.78 is 0.707. The van der Waals surface area contributed by atoms with Gasteiger partial charge in [-0.05, 0) is 12.2 Å². The molecule has 1 amide bonds. The number of hydrogen-bond donors (Lipinski definition) is 2. The number of rotatable bonds is 5. The van der Waals surface area contributed by atoms with E-state index in [4.69, 9.17) is 10.2 Å². The molecule has 2 atom stereocenters. The predicted molar refractivity (Wildman–Crippen MR) is 66.2 cm³/mol. The second-order valence-electron chi connectivity index (χ2n) is 3.71. The third-order valence-corrected chi connectivity index (χ3v) is 5.31. The number of amides is 1. The number of aliphatic hydroxyl groups is 1. The van der Waals surface area contributed by atoms with Crippen LogP contribution in [0.4, 0.5) is 0 Å². The Balaban J connectivity index is 2.20. The van der Waals surface area contributed by atoms with E-state index in [0.717, 1.165) is 5.75 Å². The average Bonchev–Trinajstić information content (AvgIpc) is 2.62. The first kappa shape index (κ1) is 12.8. The van der Waals surface area contributed by atoms with Crippen molar-refractivity contribution in [3.63, 3.8) is 0 Å². The van der Waals surface area contributed by atoms with E-state index in [1.54, 1.807) is 0 Å². The van der Waals surface area contributed by atoms with Crippen LogP contribution < -0.4 is 0 Å². The zero-order chi connectivity index (χ0) is 12.6. The van der Waals surface area contributed by atoms with Gasteiger partial charge in [0, 0.05) is 6.61 Å². The number of thioether (sulfide) groups is 2. The number of aliphatic hydroxyl groups excluding tert-OH is 1. The molecule has 0 spiro atoms. The minimum absolute atomic E-state index is 0.0417. The van der Waals surface area contributed by atoms with Gasteiger partial charge in [-0.25, -0.2) is 4.79 Å². The van der Waals surface area contributed by atoms with Gasteiger partial charge in [-0.15, -0.1) is 11.8 Å². The van der Waals surface area contributed by atoms with Gasteiger partial charge in [0.1, 0.15) is 0 Å². The molecule has 2 aliphatic rings. The Hall–Kier alpha value is -0.660. The molecule has 1 unspecified atom stereocenters. The molecule has 2 heterocycles. The maximum atomic E-state index is 11.8. The smallest absolute Gasteiger partial charge is 0.354 e. The largest absolute Gasteiger partial charge is 0.477 e. The number of carbonyl (C=O) groups excluding carboxylic acids is 1. The van der Waals surface area contributed by atoms with E-state index in [2.05, 4.69) is 0 Å². The van der Waals surface area contributed by atoms with Gasteiger partial charge in [0.2, 0.25) is 5.91 Å². The number of fused-ring (bicyclic) bond motifs is 1. The fourth-order valence-corrected chi connectivity index (χ4v) is 4.74. The zero-order valence-corrected chi connectivity index (χ0v) is 10.9. The van der Waals surface area contributed by atoms with Crippen molar-refractivity contribution in [3.05, 3.63) is 9.93 Å². The van der Waals surface area contributed by atoms with Crippen molar-refractivity contribution >= 4 is 35.4 Å². The lowest BCUT2D eigenvalue weighted by atomic mass is 9.94. The molecule has 7 heteroatoms. The lowest BCUT2D eigenvalue weighted by molar-refractivity contribution is -0.152. The van der Waals surface area contributed by atoms with Crippen LogP contribution in [0, 0.1) is 5.92 Å². The summed E-state index contributed by atoms with van der Waals surface area (Å²) >= 11 is 2.88. The van der Waals surface area contributed by atoms with Crippen molar-refractivity contribution < 1.29 is 19.8 Å². The third-order valence-electron chi connectivity index (χ3n) is 2.73. The van der Waals surface area contributed by atoms with Gasteiger partial charge in [0.25, 0.3) is 0 Å². The summed E-state index contributed by atoms with van der Waals surface area (Å²) in [5, 5.41) is 17.9. The van der Waals surface area contributed by atoms with Gasteiger partial charge in [-0.1, -0.05) is 18.7 Å². The second-order valence-corrected chi connectivity index (χ2v) is 6.37. The Morgan fingerprint density at radius 2 is 2.29 bits per heavy atom. The summed E-state index contributed by atoms with van der Waals surface area (Å²) in [6.45, 7) is 1.90. The standard InChI is InChI=1S/C10H13NO4S2/c1-2-16-10-6(9(14)15)11-7(13)5(3-4-12)8(11)17-10/h5,8,12H,2-4H2,1H3,(H,14,15)/t5?,8-/m0/s1. The Kier molecular flexibility index (Phi) is 3.70. The normalized spacial score (nSPS) is 27.2. The van der Waals surface area contributed by atoms with Gasteiger partial charge < -0.3 is 10.2 Å². The van der Waals surface area contributed by atoms with Crippen LogP contribution >= 0.6 is 23.5 Å². The van der Waals surface area contributed by atoms with E-state index in [9.17, 15) is 9.59 Å². The highest BCUT2D eigenvalue weighted by atomic mass is 32.2. The van der Waals surface area contributed by atoms with Crippen molar-refractivity contribution in [2.45, 2.75) is 18.7 Å². The van der Waals surface area contributed by atoms with Crippen LogP contribution in [0.2, 0.25) is 0 Å². The maximum Gasteiger partial charge on any atom is 0.354 e. The molecule has 0 aromatic carbocycles. The quantitative estimate of drug-likeness (QED) is 0.726. The Bertz CT molecular complexity index is 396. The van der Waals surface area contributed by atoms with E-state index >= 15 is 0 Å². The van der Waals surface area contributed by atoms with Gasteiger partial charge in [0.15, 0.2) is 5.70 Å². The SMILES string of the molecule is CCSC1=C(C(=O)O)N2C(=O)C(CCO)[C@@H]2S1. The molecule has 2 rings (SSSR count). The van der Waals surface area contributed by atoms with Crippen LogP contribution in [0.1, 0.15) is 13.3 Å². The molecule has 0 saturated carbocycles. The number of nitrogens with zero attached hydrogens (tertiary/aromatic N) is 1. The Morgan fingerprint density at radius 3 is 2.82 bits per heavy atom. The second kappa shape index (κ2) is 4.91. The molecular weight excluding hydrogens is 262 g/mol. The summed E-state index contributed by atoms with van der Waals surface area (Å²) in [5.74, 6) is -0.694. The summed E-state index contributed by atoms with van der Waals surface area (Å²) in [6.07, 6.45) is 0.407. The van der Waals surface area contributed by atoms with Crippen LogP contribution in [-0.2, 0) is 9.59 Å². The van der Waals surface area contributed by atoms with E-state index in [1.165, 1.54) is 28.4 Å². The maximum absolute atomic E-state index is 11.8. The van der Waals surface area contributed by atoms with Crippen LogP contribution in [0.3, 0.4) is 0 Å². The predicted octanol–water partition coefficient (Wildman–Crippen LogP) is 0.907. The minimum Gasteiger partial charge on any atom is -0.477 e. The molecule has 1 saturated heterocycles. The first-order valence-corrected chi connectivity index (χ1v) is 7.19. The van der Waals surface area contributed by atoms with Crippen LogP contribution in [0.25, 0.3) is 0 Å². The third kappa shape index (κ3) is 1.96. The summed E-state index contributed by atoms with van der Waals surface area (Å²) in [4.78, 5) is 24.3. The Labute approximate surface area is 107 Å². The summed E-state index contributed by atoms with van der Waals surface area (Å²) in [7, 11) is 0. The molecule has 2 aliphatic heterocycles. The van der Waals surface area contributed by atoms with E-state index in [-0.39, 0.29) is 29.5 Å². The zero-order valence-electron chi connectivity index (χ0n) is 9.25. The number of hydrogen-bond acceptors (Lipinski definition) is 5. The summed E-state index contributed by atoms with van der Waals surface area (Å²) in [5.41, 5.74) is 0.117. The molecular formula is C10H13NO4S2. The van der Waals surface area contributed by atoms with Gasteiger partial charge in [0.05, 0.1) is 15.5 Å². The van der Waals surface area contributed by atoms with Crippen molar-refractivity contribution in [3.8, 4) is 0 Å². The van der Waals surface area contributed by atoms with Gasteiger partial charge in [-0.3, -0.25) is 9.69 Å². The highest BCUT2D eigenvalue weighted by Gasteiger charge is 2.55. The van der Waals surface area contributed by atoms with E-state index in [0.29, 0.717) is 10.7 Å². The molecule has 0 radical (unpaired) electrons. The highest BCUT2D eigenvalue weighted by Crippen LogP contribution is 2.53. The molecule has 0 aromatic rings. The summed E-state index contributed by atoms with van der Waals surface area (Å²) in [6, 6.07) is 0. The molecule has 2 N–H and O–H groups in total. The highest BCUT2D eigenvalue weighted by molar-refractivity contribution is 8.22. The number of β-lactam (4-membered cyclic amide) rings is 1. The van der Waals surface area contributed by atoms with E-state index < -0.39 is 5.97 Å². The van der Waals surface area contributed by atoms with Crippen LogP contribution in [0.5, 0.6) is 0 Å². The lowest BCUT2D eigenvalue weighted by Gasteiger charge is -2.41. The number of carbonyl (C=O) groups is 2. The van der Waals surface area contributed by atoms with Crippen LogP contribution in [-0.4, -0.2) is 44.7 Å². The van der Waals surface area contributed by atoms with Crippen molar-refractivity contribution in [2.24, 2.45) is 5.92 Å². The molecule has 1 fully saturated rings. The first-order chi connectivity index (χ1) is 8.11. The minimum atomic E-state index is -1.05. The number of carboxylic acids is 1. The lowest BCUT2D eigenvalue weighted by Crippen LogP contribution is -2.57. The van der Waals surface area contributed by atoms with Crippen molar-refractivity contribution in [2.75, 3.05) is 12.4 Å². The van der Waals surface area contributed by atoms with Gasteiger partial charge >= 0.3 is 5.97 Å². The molecule has 0 aliphatic carbocycles. The number of carboxylic acid groups (broad SMARTS) is 1. The van der Waals surface area contributed by atoms with Gasteiger partial charge in [-0.2, -0.15) is 0 Å². The number of aliphatic carboxylic acids is 1. The molecule has 17 heavy (non-hydrogen) atoms. The van der Waals surface area contributed by atoms with Crippen molar-refractivity contribution in [1.82, 2.24) is 4.90 Å². The fraction of sp³-hybridized carbons (Fsp3) is 0.600. The Morgan fingerprint density at radius 1 is 1.59 bits per heavy atom. The first-order valence-electron chi connectivity index (χ1n) is 5.32. The van der Waals surface area contributed by atoms with Crippen molar-refractivity contribution in [1.29, 1.82) is 0 Å². The van der Waals surface area contributed by atoms with E-state index in [1.807, 2.05) is 6.92 Å².